The summed E-state index contributed by atoms with van der Waals surface area (Å²) >= 11 is 0. The van der Waals surface area contributed by atoms with Crippen molar-refractivity contribution in [1.29, 1.82) is 0 Å². The van der Waals surface area contributed by atoms with Crippen LogP contribution in [0.25, 0.3) is 0 Å². The first-order valence-corrected chi connectivity index (χ1v) is 8.25. The molecule has 0 radical (unpaired) electrons. The molecule has 0 aliphatic rings. The summed E-state index contributed by atoms with van der Waals surface area (Å²) in [6.07, 6.45) is 1.36. The van der Waals surface area contributed by atoms with Crippen LogP contribution in [-0.2, 0) is 16.6 Å². The van der Waals surface area contributed by atoms with Gasteiger partial charge >= 0.3 is 0 Å². The van der Waals surface area contributed by atoms with Gasteiger partial charge in [-0.25, -0.2) is 18.1 Å². The molecule has 1 aromatic heterocycles. The standard InChI is InChI=1S/C15H19N3O2S/c1-3-16-15-9-8-14(11-17-15)21(19,20)18-10-13-7-5-4-6-12(13)2/h4-9,11,18H,3,10H2,1-2H3,(H,16,17). The van der Waals surface area contributed by atoms with Crippen molar-refractivity contribution in [2.75, 3.05) is 11.9 Å². The molecule has 2 aromatic rings. The smallest absolute Gasteiger partial charge is 0.242 e. The third kappa shape index (κ3) is 4.03. The molecule has 0 aliphatic heterocycles. The summed E-state index contributed by atoms with van der Waals surface area (Å²) in [4.78, 5) is 4.24. The van der Waals surface area contributed by atoms with Crippen LogP contribution in [-0.4, -0.2) is 19.9 Å². The highest BCUT2D eigenvalue weighted by Crippen LogP contribution is 2.12. The molecule has 0 spiro atoms. The zero-order valence-electron chi connectivity index (χ0n) is 12.1. The number of hydrogen-bond donors (Lipinski definition) is 2. The van der Waals surface area contributed by atoms with Crippen molar-refractivity contribution in [3.8, 4) is 0 Å². The minimum absolute atomic E-state index is 0.165. The van der Waals surface area contributed by atoms with Crippen molar-refractivity contribution in [1.82, 2.24) is 9.71 Å². The van der Waals surface area contributed by atoms with E-state index in [9.17, 15) is 8.42 Å². The van der Waals surface area contributed by atoms with Gasteiger partial charge in [-0.05, 0) is 37.1 Å². The normalized spacial score (nSPS) is 11.3. The number of nitrogens with zero attached hydrogens (tertiary/aromatic N) is 1. The van der Waals surface area contributed by atoms with Gasteiger partial charge in [0.25, 0.3) is 0 Å². The molecule has 2 N–H and O–H groups in total. The van der Waals surface area contributed by atoms with Gasteiger partial charge in [-0.3, -0.25) is 0 Å². The summed E-state index contributed by atoms with van der Waals surface area (Å²) in [5, 5.41) is 3.03. The lowest BCUT2D eigenvalue weighted by atomic mass is 10.1. The van der Waals surface area contributed by atoms with E-state index in [-0.39, 0.29) is 11.4 Å². The van der Waals surface area contributed by atoms with Crippen LogP contribution in [0.3, 0.4) is 0 Å². The Morgan fingerprint density at radius 2 is 1.90 bits per heavy atom. The lowest BCUT2D eigenvalue weighted by Gasteiger charge is -2.09. The Bertz CT molecular complexity index is 697. The molecule has 0 fully saturated rings. The number of aryl methyl sites for hydroxylation is 1. The zero-order valence-corrected chi connectivity index (χ0v) is 12.9. The molecule has 0 saturated carbocycles. The fraction of sp³-hybridized carbons (Fsp3) is 0.267. The van der Waals surface area contributed by atoms with Crippen molar-refractivity contribution >= 4 is 15.8 Å². The molecule has 21 heavy (non-hydrogen) atoms. The van der Waals surface area contributed by atoms with Crippen LogP contribution in [0.5, 0.6) is 0 Å². The molecule has 6 heteroatoms. The third-order valence-corrected chi connectivity index (χ3v) is 4.50. The Morgan fingerprint density at radius 3 is 2.52 bits per heavy atom. The molecule has 0 atom stereocenters. The van der Waals surface area contributed by atoms with Crippen molar-refractivity contribution in [2.45, 2.75) is 25.3 Å². The van der Waals surface area contributed by atoms with Crippen molar-refractivity contribution in [2.24, 2.45) is 0 Å². The molecule has 2 rings (SSSR count). The number of aromatic nitrogens is 1. The maximum atomic E-state index is 12.2. The van der Waals surface area contributed by atoms with Gasteiger partial charge in [-0.2, -0.15) is 0 Å². The van der Waals surface area contributed by atoms with E-state index >= 15 is 0 Å². The number of anilines is 1. The summed E-state index contributed by atoms with van der Waals surface area (Å²) in [6, 6.07) is 10.9. The summed E-state index contributed by atoms with van der Waals surface area (Å²) in [5.41, 5.74) is 2.01. The maximum absolute atomic E-state index is 12.2. The van der Waals surface area contributed by atoms with Crippen LogP contribution in [0, 0.1) is 6.92 Å². The Kier molecular flexibility index (Phi) is 4.93. The predicted molar refractivity (Wildman–Crippen MR) is 83.6 cm³/mol. The number of sulfonamides is 1. The number of nitrogens with one attached hydrogen (secondary N) is 2. The minimum atomic E-state index is -3.55. The Balaban J connectivity index is 2.09. The molecule has 0 bridgehead atoms. The Labute approximate surface area is 125 Å². The average molecular weight is 305 g/mol. The number of rotatable bonds is 6. The van der Waals surface area contributed by atoms with Crippen molar-refractivity contribution < 1.29 is 8.42 Å². The molecular formula is C15H19N3O2S. The highest BCUT2D eigenvalue weighted by atomic mass is 32.2. The molecule has 1 heterocycles. The largest absolute Gasteiger partial charge is 0.370 e. The summed E-state index contributed by atoms with van der Waals surface area (Å²) in [7, 11) is -3.55. The third-order valence-electron chi connectivity index (χ3n) is 3.12. The fourth-order valence-corrected chi connectivity index (χ4v) is 2.84. The summed E-state index contributed by atoms with van der Waals surface area (Å²) in [6.45, 7) is 4.92. The van der Waals surface area contributed by atoms with E-state index in [1.54, 1.807) is 12.1 Å². The number of benzene rings is 1. The van der Waals surface area contributed by atoms with Gasteiger partial charge in [0.15, 0.2) is 0 Å². The van der Waals surface area contributed by atoms with Crippen LogP contribution >= 0.6 is 0 Å². The highest BCUT2D eigenvalue weighted by molar-refractivity contribution is 7.89. The van der Waals surface area contributed by atoms with E-state index in [1.807, 2.05) is 38.1 Å². The number of pyridine rings is 1. The first kappa shape index (κ1) is 15.5. The molecule has 0 saturated heterocycles. The minimum Gasteiger partial charge on any atom is -0.370 e. The topological polar surface area (TPSA) is 71.1 Å². The molecule has 112 valence electrons. The van der Waals surface area contributed by atoms with Crippen LogP contribution in [0.2, 0.25) is 0 Å². The fourth-order valence-electron chi connectivity index (χ4n) is 1.89. The van der Waals surface area contributed by atoms with Crippen molar-refractivity contribution in [3.05, 3.63) is 53.7 Å². The average Bonchev–Trinajstić information content (AvgIpc) is 2.47. The van der Waals surface area contributed by atoms with E-state index in [1.165, 1.54) is 6.20 Å². The first-order valence-electron chi connectivity index (χ1n) is 6.77. The van der Waals surface area contributed by atoms with Gasteiger partial charge < -0.3 is 5.32 Å². The van der Waals surface area contributed by atoms with Gasteiger partial charge in [0.1, 0.15) is 10.7 Å². The van der Waals surface area contributed by atoms with Gasteiger partial charge in [0.2, 0.25) is 10.0 Å². The van der Waals surface area contributed by atoms with Crippen LogP contribution < -0.4 is 10.0 Å². The zero-order chi connectivity index (χ0) is 15.3. The number of hydrogen-bond acceptors (Lipinski definition) is 4. The van der Waals surface area contributed by atoms with Crippen molar-refractivity contribution in [3.63, 3.8) is 0 Å². The van der Waals surface area contributed by atoms with Gasteiger partial charge in [0.05, 0.1) is 0 Å². The van der Waals surface area contributed by atoms with E-state index in [0.717, 1.165) is 17.7 Å². The Hall–Kier alpha value is -1.92. The van der Waals surface area contributed by atoms with Crippen LogP contribution in [0.1, 0.15) is 18.1 Å². The SMILES string of the molecule is CCNc1ccc(S(=O)(=O)NCc2ccccc2C)cn1. The van der Waals surface area contributed by atoms with Crippen LogP contribution in [0.15, 0.2) is 47.5 Å². The quantitative estimate of drug-likeness (QED) is 0.859. The van der Waals surface area contributed by atoms with Gasteiger partial charge in [-0.1, -0.05) is 24.3 Å². The second kappa shape index (κ2) is 6.69. The van der Waals surface area contributed by atoms with E-state index in [4.69, 9.17) is 0 Å². The van der Waals surface area contributed by atoms with Crippen LogP contribution in [0.4, 0.5) is 5.82 Å². The molecule has 5 nitrogen and oxygen atoms in total. The molecular weight excluding hydrogens is 286 g/mol. The lowest BCUT2D eigenvalue weighted by molar-refractivity contribution is 0.581. The highest BCUT2D eigenvalue weighted by Gasteiger charge is 2.14. The van der Waals surface area contributed by atoms with E-state index in [2.05, 4.69) is 15.0 Å². The van der Waals surface area contributed by atoms with E-state index in [0.29, 0.717) is 5.82 Å². The lowest BCUT2D eigenvalue weighted by Crippen LogP contribution is -2.23. The first-order chi connectivity index (χ1) is 10.0. The van der Waals surface area contributed by atoms with Gasteiger partial charge in [-0.15, -0.1) is 0 Å². The molecule has 0 aliphatic carbocycles. The molecule has 1 aromatic carbocycles. The predicted octanol–water partition coefficient (Wildman–Crippen LogP) is 2.30. The molecule has 0 unspecified atom stereocenters. The second-order valence-electron chi connectivity index (χ2n) is 4.66. The second-order valence-corrected chi connectivity index (χ2v) is 6.43. The Morgan fingerprint density at radius 1 is 1.14 bits per heavy atom. The van der Waals surface area contributed by atoms with E-state index < -0.39 is 10.0 Å². The monoisotopic (exact) mass is 305 g/mol. The maximum Gasteiger partial charge on any atom is 0.242 e. The molecule has 0 amide bonds. The van der Waals surface area contributed by atoms with Gasteiger partial charge in [0, 0.05) is 19.3 Å². The summed E-state index contributed by atoms with van der Waals surface area (Å²) < 4.78 is 27.0. The summed E-state index contributed by atoms with van der Waals surface area (Å²) in [5.74, 6) is 0.662.